The van der Waals surface area contributed by atoms with Crippen LogP contribution in [-0.4, -0.2) is 8.42 Å². The van der Waals surface area contributed by atoms with Crippen LogP contribution < -0.4 is 16.2 Å². The number of halogens is 1. The second-order valence-corrected chi connectivity index (χ2v) is 7.13. The number of nitrogens with one attached hydrogen (secondary N) is 1. The Hall–Kier alpha value is -1.57. The summed E-state index contributed by atoms with van der Waals surface area (Å²) in [4.78, 5) is -0.0751. The van der Waals surface area contributed by atoms with Gasteiger partial charge in [0.25, 0.3) is 0 Å². The summed E-state index contributed by atoms with van der Waals surface area (Å²) in [6.07, 6.45) is 0. The van der Waals surface area contributed by atoms with Crippen LogP contribution in [0.1, 0.15) is 18.5 Å². The zero-order valence-corrected chi connectivity index (χ0v) is 13.8. The van der Waals surface area contributed by atoms with Gasteiger partial charge in [-0.15, -0.1) is 0 Å². The largest absolute Gasteiger partial charge is 0.396 e. The molecule has 0 aliphatic rings. The zero-order valence-electron chi connectivity index (χ0n) is 11.4. The Morgan fingerprint density at radius 1 is 1.19 bits per heavy atom. The molecule has 0 radical (unpaired) electrons. The summed E-state index contributed by atoms with van der Waals surface area (Å²) in [6.45, 7) is 1.96. The summed E-state index contributed by atoms with van der Waals surface area (Å²) in [5.41, 5.74) is 7.60. The van der Waals surface area contributed by atoms with Crippen LogP contribution in [0.25, 0.3) is 0 Å². The Bertz CT molecular complexity index is 763. The second kappa shape index (κ2) is 6.05. The minimum atomic E-state index is -3.84. The van der Waals surface area contributed by atoms with Gasteiger partial charge in [0.2, 0.25) is 10.0 Å². The number of para-hydroxylation sites is 1. The molecule has 1 unspecified atom stereocenters. The van der Waals surface area contributed by atoms with E-state index >= 15 is 0 Å². The molecule has 0 spiro atoms. The van der Waals surface area contributed by atoms with Gasteiger partial charge in [0.05, 0.1) is 11.4 Å². The average Bonchev–Trinajstić information content (AvgIpc) is 2.39. The van der Waals surface area contributed by atoms with Crippen LogP contribution in [0.15, 0.2) is 51.8 Å². The number of hydrogen-bond acceptors (Lipinski definition) is 4. The predicted octanol–water partition coefficient (Wildman–Crippen LogP) is 2.85. The number of primary sulfonamides is 1. The Morgan fingerprint density at radius 3 is 2.48 bits per heavy atom. The first kappa shape index (κ1) is 15.8. The lowest BCUT2D eigenvalue weighted by Gasteiger charge is -2.18. The fourth-order valence-corrected chi connectivity index (χ4v) is 3.11. The van der Waals surface area contributed by atoms with Gasteiger partial charge in [-0.1, -0.05) is 34.1 Å². The van der Waals surface area contributed by atoms with E-state index in [4.69, 9.17) is 10.9 Å². The number of anilines is 2. The first-order chi connectivity index (χ1) is 9.79. The Kier molecular flexibility index (Phi) is 4.55. The summed E-state index contributed by atoms with van der Waals surface area (Å²) in [6, 6.07) is 12.5. The molecule has 0 saturated heterocycles. The number of benzene rings is 2. The molecule has 21 heavy (non-hydrogen) atoms. The molecule has 7 heteroatoms. The molecular formula is C14H16BrN3O2S. The van der Waals surface area contributed by atoms with Crippen LogP contribution in [-0.2, 0) is 10.0 Å². The number of sulfonamides is 1. The standard InChI is InChI=1S/C14H16BrN3O2S/c1-9(10-4-2-5-11(15)8-10)18-12-6-3-7-13(14(12)16)21(17,19)20/h2-9,18H,16H2,1H3,(H2,17,19,20). The molecule has 2 aromatic carbocycles. The maximum absolute atomic E-state index is 11.5. The van der Waals surface area contributed by atoms with E-state index in [0.717, 1.165) is 10.0 Å². The van der Waals surface area contributed by atoms with E-state index in [2.05, 4.69) is 21.2 Å². The second-order valence-electron chi connectivity index (χ2n) is 4.68. The fraction of sp³-hybridized carbons (Fsp3) is 0.143. The molecule has 0 fully saturated rings. The van der Waals surface area contributed by atoms with Crippen molar-refractivity contribution in [3.8, 4) is 0 Å². The summed E-state index contributed by atoms with van der Waals surface area (Å²) in [5, 5.41) is 8.35. The first-order valence-electron chi connectivity index (χ1n) is 6.22. The molecular weight excluding hydrogens is 354 g/mol. The van der Waals surface area contributed by atoms with Crippen molar-refractivity contribution >= 4 is 37.3 Å². The summed E-state index contributed by atoms with van der Waals surface area (Å²) in [7, 11) is -3.84. The highest BCUT2D eigenvalue weighted by molar-refractivity contribution is 9.10. The third-order valence-electron chi connectivity index (χ3n) is 3.09. The summed E-state index contributed by atoms with van der Waals surface area (Å²) >= 11 is 3.42. The molecule has 112 valence electrons. The number of nitrogen functional groups attached to an aromatic ring is 1. The van der Waals surface area contributed by atoms with Gasteiger partial charge in [0, 0.05) is 10.5 Å². The van der Waals surface area contributed by atoms with E-state index in [1.165, 1.54) is 6.07 Å². The highest BCUT2D eigenvalue weighted by Crippen LogP contribution is 2.29. The Morgan fingerprint density at radius 2 is 1.86 bits per heavy atom. The van der Waals surface area contributed by atoms with Crippen molar-refractivity contribution in [3.05, 3.63) is 52.5 Å². The maximum Gasteiger partial charge on any atom is 0.240 e. The molecule has 0 aromatic heterocycles. The summed E-state index contributed by atoms with van der Waals surface area (Å²) in [5.74, 6) is 0. The number of nitrogens with two attached hydrogens (primary N) is 2. The van der Waals surface area contributed by atoms with Gasteiger partial charge in [0.1, 0.15) is 4.90 Å². The minimum absolute atomic E-state index is 0.0412. The Balaban J connectivity index is 2.32. The van der Waals surface area contributed by atoms with Crippen molar-refractivity contribution in [1.82, 2.24) is 0 Å². The van der Waals surface area contributed by atoms with Gasteiger partial charge >= 0.3 is 0 Å². The molecule has 0 amide bonds. The zero-order chi connectivity index (χ0) is 15.6. The van der Waals surface area contributed by atoms with Gasteiger partial charge in [-0.05, 0) is 36.8 Å². The lowest BCUT2D eigenvalue weighted by Crippen LogP contribution is -2.16. The van der Waals surface area contributed by atoms with Crippen LogP contribution in [0.5, 0.6) is 0 Å². The van der Waals surface area contributed by atoms with Gasteiger partial charge < -0.3 is 11.1 Å². The topological polar surface area (TPSA) is 98.2 Å². The minimum Gasteiger partial charge on any atom is -0.396 e. The van der Waals surface area contributed by atoms with Crippen molar-refractivity contribution in [3.63, 3.8) is 0 Å². The molecule has 0 aliphatic carbocycles. The van der Waals surface area contributed by atoms with E-state index in [1.54, 1.807) is 12.1 Å². The lowest BCUT2D eigenvalue weighted by atomic mass is 10.1. The average molecular weight is 370 g/mol. The normalized spacial score (nSPS) is 12.9. The molecule has 5 N–H and O–H groups in total. The lowest BCUT2D eigenvalue weighted by molar-refractivity contribution is 0.598. The van der Waals surface area contributed by atoms with Crippen molar-refractivity contribution in [2.45, 2.75) is 17.9 Å². The SMILES string of the molecule is CC(Nc1cccc(S(N)(=O)=O)c1N)c1cccc(Br)c1. The third-order valence-corrected chi connectivity index (χ3v) is 4.56. The van der Waals surface area contributed by atoms with Crippen LogP contribution in [0, 0.1) is 0 Å². The van der Waals surface area contributed by atoms with Crippen molar-refractivity contribution in [2.75, 3.05) is 11.1 Å². The summed E-state index contributed by atoms with van der Waals surface area (Å²) < 4.78 is 23.9. The van der Waals surface area contributed by atoms with Crippen LogP contribution >= 0.6 is 15.9 Å². The van der Waals surface area contributed by atoms with Crippen LogP contribution in [0.4, 0.5) is 11.4 Å². The van der Waals surface area contributed by atoms with Gasteiger partial charge in [-0.3, -0.25) is 0 Å². The van der Waals surface area contributed by atoms with Crippen molar-refractivity contribution in [2.24, 2.45) is 5.14 Å². The molecule has 2 aromatic rings. The number of hydrogen-bond donors (Lipinski definition) is 3. The van der Waals surface area contributed by atoms with E-state index < -0.39 is 10.0 Å². The number of rotatable bonds is 4. The van der Waals surface area contributed by atoms with E-state index in [0.29, 0.717) is 5.69 Å². The molecule has 0 aliphatic heterocycles. The predicted molar refractivity (Wildman–Crippen MR) is 88.4 cm³/mol. The van der Waals surface area contributed by atoms with Gasteiger partial charge in [0.15, 0.2) is 0 Å². The first-order valence-corrected chi connectivity index (χ1v) is 8.56. The molecule has 0 bridgehead atoms. The van der Waals surface area contributed by atoms with Crippen LogP contribution in [0.3, 0.4) is 0 Å². The quantitative estimate of drug-likeness (QED) is 0.721. The fourth-order valence-electron chi connectivity index (χ4n) is 2.01. The molecule has 0 saturated carbocycles. The molecule has 0 heterocycles. The molecule has 1 atom stereocenters. The van der Waals surface area contributed by atoms with Crippen LogP contribution in [0.2, 0.25) is 0 Å². The van der Waals surface area contributed by atoms with Crippen molar-refractivity contribution in [1.29, 1.82) is 0 Å². The highest BCUT2D eigenvalue weighted by atomic mass is 79.9. The van der Waals surface area contributed by atoms with Gasteiger partial charge in [-0.2, -0.15) is 0 Å². The third kappa shape index (κ3) is 3.75. The van der Waals surface area contributed by atoms with E-state index in [-0.39, 0.29) is 16.6 Å². The maximum atomic E-state index is 11.5. The molecule has 2 rings (SSSR count). The van der Waals surface area contributed by atoms with E-state index in [9.17, 15) is 8.42 Å². The molecule has 5 nitrogen and oxygen atoms in total. The smallest absolute Gasteiger partial charge is 0.240 e. The van der Waals surface area contributed by atoms with Gasteiger partial charge in [-0.25, -0.2) is 13.6 Å². The highest BCUT2D eigenvalue weighted by Gasteiger charge is 2.16. The Labute approximate surface area is 132 Å². The van der Waals surface area contributed by atoms with Crippen molar-refractivity contribution < 1.29 is 8.42 Å². The van der Waals surface area contributed by atoms with E-state index in [1.807, 2.05) is 31.2 Å². The monoisotopic (exact) mass is 369 g/mol.